The van der Waals surface area contributed by atoms with Gasteiger partial charge in [0.15, 0.2) is 5.76 Å². The third kappa shape index (κ3) is 2.73. The van der Waals surface area contributed by atoms with Crippen LogP contribution < -0.4 is 4.72 Å². The number of sulfonamides is 1. The normalized spacial score (nSPS) is 11.5. The molecule has 0 aliphatic carbocycles. The molecule has 0 saturated heterocycles. The molecule has 0 amide bonds. The molecule has 3 aromatic rings. The van der Waals surface area contributed by atoms with Gasteiger partial charge in [-0.2, -0.15) is 0 Å². The van der Waals surface area contributed by atoms with E-state index < -0.39 is 15.8 Å². The zero-order valence-electron chi connectivity index (χ0n) is 11.4. The number of hydrogen-bond donors (Lipinski definition) is 1. The summed E-state index contributed by atoms with van der Waals surface area (Å²) in [5, 5.41) is 3.54. The van der Waals surface area contributed by atoms with Crippen LogP contribution >= 0.6 is 0 Å². The first-order chi connectivity index (χ1) is 10.5. The molecular weight excluding hydrogens is 311 g/mol. The van der Waals surface area contributed by atoms with E-state index in [-0.39, 0.29) is 22.1 Å². The molecule has 2 aromatic heterocycles. The molecule has 114 valence electrons. The molecule has 0 aliphatic rings. The van der Waals surface area contributed by atoms with Crippen LogP contribution in [0.5, 0.6) is 0 Å². The second-order valence-corrected chi connectivity index (χ2v) is 6.17. The van der Waals surface area contributed by atoms with E-state index in [2.05, 4.69) is 9.88 Å². The highest BCUT2D eigenvalue weighted by Gasteiger charge is 2.23. The van der Waals surface area contributed by atoms with Crippen molar-refractivity contribution in [1.29, 1.82) is 0 Å². The lowest BCUT2D eigenvalue weighted by Gasteiger charge is -2.06. The monoisotopic (exact) mass is 322 g/mol. The van der Waals surface area contributed by atoms with Gasteiger partial charge in [0.05, 0.1) is 6.20 Å². The number of halogens is 1. The fourth-order valence-electron chi connectivity index (χ4n) is 1.92. The van der Waals surface area contributed by atoms with Gasteiger partial charge in [0.25, 0.3) is 10.0 Å². The second-order valence-electron chi connectivity index (χ2n) is 4.52. The number of nitrogens with one attached hydrogen (secondary N) is 1. The van der Waals surface area contributed by atoms with Crippen LogP contribution in [-0.2, 0) is 10.0 Å². The number of nitrogens with zero attached hydrogens (tertiary/aromatic N) is 1. The average Bonchev–Trinajstić information content (AvgIpc) is 3.10. The first-order valence-electron chi connectivity index (χ1n) is 6.25. The molecule has 1 N–H and O–H groups in total. The van der Waals surface area contributed by atoms with Gasteiger partial charge in [0, 0.05) is 17.8 Å². The number of aryl methyl sites for hydroxylation is 1. The van der Waals surface area contributed by atoms with Crippen molar-refractivity contribution in [2.75, 3.05) is 4.72 Å². The SMILES string of the molecule is Cc1oc(-c2ccno2)cc1S(=O)(=O)Nc1ccc(F)cc1. The smallest absolute Gasteiger partial charge is 0.265 e. The summed E-state index contributed by atoms with van der Waals surface area (Å²) in [6.07, 6.45) is 1.43. The molecule has 2 heterocycles. The maximum atomic E-state index is 12.9. The molecule has 22 heavy (non-hydrogen) atoms. The maximum Gasteiger partial charge on any atom is 0.265 e. The maximum absolute atomic E-state index is 12.9. The largest absolute Gasteiger partial charge is 0.456 e. The van der Waals surface area contributed by atoms with E-state index in [0.717, 1.165) is 0 Å². The summed E-state index contributed by atoms with van der Waals surface area (Å²) in [5.74, 6) is 0.344. The van der Waals surface area contributed by atoms with Gasteiger partial charge >= 0.3 is 0 Å². The van der Waals surface area contributed by atoms with Crippen LogP contribution in [0, 0.1) is 12.7 Å². The lowest BCUT2D eigenvalue weighted by atomic mass is 10.3. The zero-order chi connectivity index (χ0) is 15.7. The molecule has 0 spiro atoms. The fraction of sp³-hybridized carbons (Fsp3) is 0.0714. The summed E-state index contributed by atoms with van der Waals surface area (Å²) in [5.41, 5.74) is 0.253. The molecule has 0 atom stereocenters. The van der Waals surface area contributed by atoms with Gasteiger partial charge in [-0.25, -0.2) is 12.8 Å². The Morgan fingerprint density at radius 2 is 1.86 bits per heavy atom. The van der Waals surface area contributed by atoms with Crippen molar-refractivity contribution < 1.29 is 21.7 Å². The van der Waals surface area contributed by atoms with E-state index >= 15 is 0 Å². The number of benzene rings is 1. The molecule has 3 rings (SSSR count). The Hall–Kier alpha value is -2.61. The Kier molecular flexibility index (Phi) is 3.45. The summed E-state index contributed by atoms with van der Waals surface area (Å²) < 4.78 is 50.3. The van der Waals surface area contributed by atoms with Gasteiger partial charge in [-0.15, -0.1) is 0 Å². The lowest BCUT2D eigenvalue weighted by molar-refractivity contribution is 0.414. The van der Waals surface area contributed by atoms with Crippen LogP contribution in [0.1, 0.15) is 5.76 Å². The molecule has 1 aromatic carbocycles. The third-order valence-electron chi connectivity index (χ3n) is 2.94. The van der Waals surface area contributed by atoms with E-state index in [0.29, 0.717) is 5.76 Å². The average molecular weight is 322 g/mol. The molecule has 6 nitrogen and oxygen atoms in total. The van der Waals surface area contributed by atoms with Gasteiger partial charge < -0.3 is 8.94 Å². The van der Waals surface area contributed by atoms with Crippen LogP contribution in [0.15, 0.2) is 56.4 Å². The summed E-state index contributed by atoms with van der Waals surface area (Å²) in [7, 11) is -3.86. The lowest BCUT2D eigenvalue weighted by Crippen LogP contribution is -2.13. The van der Waals surface area contributed by atoms with Crippen molar-refractivity contribution in [3.05, 3.63) is 54.2 Å². The number of furan rings is 1. The van der Waals surface area contributed by atoms with Crippen LogP contribution in [0.3, 0.4) is 0 Å². The van der Waals surface area contributed by atoms with Crippen molar-refractivity contribution in [2.24, 2.45) is 0 Å². The number of aromatic nitrogens is 1. The molecule has 0 fully saturated rings. The van der Waals surface area contributed by atoms with E-state index in [1.807, 2.05) is 0 Å². The zero-order valence-corrected chi connectivity index (χ0v) is 12.2. The predicted octanol–water partition coefficient (Wildman–Crippen LogP) is 3.18. The Morgan fingerprint density at radius 3 is 2.50 bits per heavy atom. The summed E-state index contributed by atoms with van der Waals surface area (Å²) in [4.78, 5) is -0.0248. The van der Waals surface area contributed by atoms with Crippen molar-refractivity contribution in [3.8, 4) is 11.5 Å². The van der Waals surface area contributed by atoms with Crippen LogP contribution in [0.2, 0.25) is 0 Å². The predicted molar refractivity (Wildman–Crippen MR) is 76.2 cm³/mol. The molecule has 0 radical (unpaired) electrons. The van der Waals surface area contributed by atoms with Gasteiger partial charge in [-0.3, -0.25) is 4.72 Å². The molecule has 0 bridgehead atoms. The highest BCUT2D eigenvalue weighted by molar-refractivity contribution is 7.92. The Morgan fingerprint density at radius 1 is 1.14 bits per heavy atom. The van der Waals surface area contributed by atoms with E-state index in [4.69, 9.17) is 8.94 Å². The summed E-state index contributed by atoms with van der Waals surface area (Å²) in [6.45, 7) is 1.53. The van der Waals surface area contributed by atoms with Crippen molar-refractivity contribution in [1.82, 2.24) is 5.16 Å². The van der Waals surface area contributed by atoms with E-state index in [1.165, 1.54) is 43.5 Å². The minimum absolute atomic E-state index is 0.0248. The number of hydrogen-bond acceptors (Lipinski definition) is 5. The molecular formula is C14H11FN2O4S. The van der Waals surface area contributed by atoms with E-state index in [1.54, 1.807) is 6.07 Å². The minimum atomic E-state index is -3.86. The van der Waals surface area contributed by atoms with Crippen molar-refractivity contribution >= 4 is 15.7 Å². The highest BCUT2D eigenvalue weighted by Crippen LogP contribution is 2.29. The topological polar surface area (TPSA) is 85.3 Å². The molecule has 0 unspecified atom stereocenters. The molecule has 0 saturated carbocycles. The summed E-state index contributed by atoms with van der Waals surface area (Å²) in [6, 6.07) is 7.91. The van der Waals surface area contributed by atoms with Crippen LogP contribution in [-0.4, -0.2) is 13.6 Å². The van der Waals surface area contributed by atoms with Gasteiger partial charge in [-0.05, 0) is 31.2 Å². The highest BCUT2D eigenvalue weighted by atomic mass is 32.2. The molecule has 8 heteroatoms. The summed E-state index contributed by atoms with van der Waals surface area (Å²) >= 11 is 0. The van der Waals surface area contributed by atoms with E-state index in [9.17, 15) is 12.8 Å². The first-order valence-corrected chi connectivity index (χ1v) is 7.74. The third-order valence-corrected chi connectivity index (χ3v) is 4.43. The molecule has 0 aliphatic heterocycles. The fourth-order valence-corrected chi connectivity index (χ4v) is 3.16. The second kappa shape index (κ2) is 5.30. The Balaban J connectivity index is 1.94. The van der Waals surface area contributed by atoms with Crippen LogP contribution in [0.4, 0.5) is 10.1 Å². The van der Waals surface area contributed by atoms with Crippen LogP contribution in [0.25, 0.3) is 11.5 Å². The Bertz CT molecular complexity index is 884. The standard InChI is InChI=1S/C14H11FN2O4S/c1-9-14(8-13(20-9)12-6-7-16-21-12)22(18,19)17-11-4-2-10(15)3-5-11/h2-8,17H,1H3. The van der Waals surface area contributed by atoms with Gasteiger partial charge in [0.2, 0.25) is 5.76 Å². The number of rotatable bonds is 4. The van der Waals surface area contributed by atoms with Gasteiger partial charge in [-0.1, -0.05) is 5.16 Å². The first kappa shape index (κ1) is 14.3. The van der Waals surface area contributed by atoms with Gasteiger partial charge in [0.1, 0.15) is 16.5 Å². The number of anilines is 1. The Labute approximate surface area is 125 Å². The minimum Gasteiger partial charge on any atom is -0.456 e. The van der Waals surface area contributed by atoms with Crippen molar-refractivity contribution in [2.45, 2.75) is 11.8 Å². The van der Waals surface area contributed by atoms with Crippen molar-refractivity contribution in [3.63, 3.8) is 0 Å². The quantitative estimate of drug-likeness (QED) is 0.797.